The van der Waals surface area contributed by atoms with Crippen LogP contribution in [0.25, 0.3) is 0 Å². The van der Waals surface area contributed by atoms with Gasteiger partial charge in [-0.2, -0.15) is 11.3 Å². The summed E-state index contributed by atoms with van der Waals surface area (Å²) in [6, 6.07) is 3.29. The molecule has 0 saturated carbocycles. The van der Waals surface area contributed by atoms with Gasteiger partial charge in [0.25, 0.3) is 0 Å². The van der Waals surface area contributed by atoms with Crippen molar-refractivity contribution in [2.24, 2.45) is 5.73 Å². The second-order valence-electron chi connectivity index (χ2n) is 5.06. The molecular formula is C13H23N3S. The zero-order valence-electron chi connectivity index (χ0n) is 10.8. The molecule has 1 aromatic rings. The Morgan fingerprint density at radius 2 is 2.41 bits per heavy atom. The molecule has 17 heavy (non-hydrogen) atoms. The van der Waals surface area contributed by atoms with E-state index in [9.17, 15) is 0 Å². The van der Waals surface area contributed by atoms with Gasteiger partial charge in [-0.15, -0.1) is 0 Å². The molecule has 0 bridgehead atoms. The van der Waals surface area contributed by atoms with Crippen molar-refractivity contribution in [3.63, 3.8) is 0 Å². The van der Waals surface area contributed by atoms with E-state index in [1.54, 1.807) is 11.3 Å². The van der Waals surface area contributed by atoms with Gasteiger partial charge in [-0.25, -0.2) is 0 Å². The van der Waals surface area contributed by atoms with E-state index in [0.717, 1.165) is 13.1 Å². The highest BCUT2D eigenvalue weighted by Crippen LogP contribution is 2.26. The van der Waals surface area contributed by atoms with E-state index in [-0.39, 0.29) is 0 Å². The van der Waals surface area contributed by atoms with Gasteiger partial charge in [-0.05, 0) is 55.9 Å². The Morgan fingerprint density at radius 1 is 1.59 bits per heavy atom. The molecule has 2 unspecified atom stereocenters. The first-order valence-electron chi connectivity index (χ1n) is 6.35. The van der Waals surface area contributed by atoms with Gasteiger partial charge in [0.2, 0.25) is 0 Å². The minimum atomic E-state index is 0.406. The number of nitrogens with two attached hydrogens (primary N) is 1. The Labute approximate surface area is 108 Å². The van der Waals surface area contributed by atoms with Crippen LogP contribution in [0.3, 0.4) is 0 Å². The summed E-state index contributed by atoms with van der Waals surface area (Å²) in [5.41, 5.74) is 7.35. The molecule has 2 atom stereocenters. The van der Waals surface area contributed by atoms with Gasteiger partial charge >= 0.3 is 0 Å². The quantitative estimate of drug-likeness (QED) is 0.888. The van der Waals surface area contributed by atoms with Crippen molar-refractivity contribution >= 4 is 11.3 Å². The minimum absolute atomic E-state index is 0.406. The summed E-state index contributed by atoms with van der Waals surface area (Å²) in [4.78, 5) is 4.89. The van der Waals surface area contributed by atoms with Crippen LogP contribution in [0.2, 0.25) is 0 Å². The lowest BCUT2D eigenvalue weighted by atomic mass is 10.0. The van der Waals surface area contributed by atoms with Crippen molar-refractivity contribution < 1.29 is 0 Å². The molecule has 2 N–H and O–H groups in total. The maximum Gasteiger partial charge on any atom is 0.0479 e. The minimum Gasteiger partial charge on any atom is -0.329 e. The monoisotopic (exact) mass is 253 g/mol. The third-order valence-corrected chi connectivity index (χ3v) is 4.45. The molecular weight excluding hydrogens is 230 g/mol. The van der Waals surface area contributed by atoms with E-state index in [4.69, 9.17) is 5.73 Å². The summed E-state index contributed by atoms with van der Waals surface area (Å²) < 4.78 is 0. The number of thiophene rings is 1. The van der Waals surface area contributed by atoms with E-state index in [1.807, 2.05) is 0 Å². The first kappa shape index (κ1) is 13.0. The van der Waals surface area contributed by atoms with Gasteiger partial charge in [0, 0.05) is 25.2 Å². The maximum absolute atomic E-state index is 5.97. The molecule has 96 valence electrons. The molecule has 1 aliphatic heterocycles. The predicted molar refractivity (Wildman–Crippen MR) is 74.4 cm³/mol. The number of piperidine rings is 1. The molecule has 1 saturated heterocycles. The molecule has 0 aliphatic carbocycles. The van der Waals surface area contributed by atoms with Gasteiger partial charge in [0.05, 0.1) is 0 Å². The van der Waals surface area contributed by atoms with E-state index < -0.39 is 0 Å². The highest BCUT2D eigenvalue weighted by Gasteiger charge is 2.27. The molecule has 4 heteroatoms. The molecule has 3 nitrogen and oxygen atoms in total. The fraction of sp³-hybridized carbons (Fsp3) is 0.692. The van der Waals surface area contributed by atoms with Crippen LogP contribution in [-0.2, 0) is 0 Å². The van der Waals surface area contributed by atoms with Crippen molar-refractivity contribution in [2.45, 2.75) is 24.9 Å². The second-order valence-corrected chi connectivity index (χ2v) is 5.84. The van der Waals surface area contributed by atoms with Gasteiger partial charge in [-0.3, -0.25) is 4.90 Å². The van der Waals surface area contributed by atoms with Crippen LogP contribution >= 0.6 is 11.3 Å². The second kappa shape index (κ2) is 5.96. The SMILES string of the molecule is CN(C)C1CCCN(C(CN)c2ccsc2)C1. The van der Waals surface area contributed by atoms with Crippen molar-refractivity contribution in [1.82, 2.24) is 9.80 Å². The number of hydrogen-bond acceptors (Lipinski definition) is 4. The smallest absolute Gasteiger partial charge is 0.0479 e. The molecule has 0 amide bonds. The molecule has 1 aliphatic rings. The van der Waals surface area contributed by atoms with Crippen LogP contribution in [0.5, 0.6) is 0 Å². The van der Waals surface area contributed by atoms with E-state index >= 15 is 0 Å². The van der Waals surface area contributed by atoms with E-state index in [0.29, 0.717) is 12.1 Å². The largest absolute Gasteiger partial charge is 0.329 e. The Bertz CT molecular complexity index is 323. The average molecular weight is 253 g/mol. The first-order valence-corrected chi connectivity index (χ1v) is 7.29. The van der Waals surface area contributed by atoms with Crippen LogP contribution in [0.4, 0.5) is 0 Å². The van der Waals surface area contributed by atoms with Crippen molar-refractivity contribution in [2.75, 3.05) is 33.7 Å². The van der Waals surface area contributed by atoms with Crippen LogP contribution in [0.15, 0.2) is 16.8 Å². The Balaban J connectivity index is 2.04. The van der Waals surface area contributed by atoms with Gasteiger partial charge in [0.1, 0.15) is 0 Å². The molecule has 1 aromatic heterocycles. The summed E-state index contributed by atoms with van der Waals surface area (Å²) in [5, 5.41) is 4.38. The third kappa shape index (κ3) is 3.07. The van der Waals surface area contributed by atoms with Crippen LogP contribution in [0, 0.1) is 0 Å². The van der Waals surface area contributed by atoms with E-state index in [2.05, 4.69) is 40.7 Å². The highest BCUT2D eigenvalue weighted by molar-refractivity contribution is 7.07. The summed E-state index contributed by atoms with van der Waals surface area (Å²) in [6.45, 7) is 3.05. The molecule has 0 radical (unpaired) electrons. The van der Waals surface area contributed by atoms with E-state index in [1.165, 1.54) is 24.9 Å². The van der Waals surface area contributed by atoms with Crippen LogP contribution in [0.1, 0.15) is 24.4 Å². The molecule has 2 rings (SSSR count). The molecule has 0 aromatic carbocycles. The standard InChI is InChI=1S/C13H23N3S/c1-15(2)12-4-3-6-16(9-12)13(8-14)11-5-7-17-10-11/h5,7,10,12-13H,3-4,6,8-9,14H2,1-2H3. The van der Waals surface area contributed by atoms with Gasteiger partial charge in [-0.1, -0.05) is 0 Å². The molecule has 2 heterocycles. The summed E-state index contributed by atoms with van der Waals surface area (Å²) >= 11 is 1.76. The van der Waals surface area contributed by atoms with Crippen molar-refractivity contribution in [3.8, 4) is 0 Å². The zero-order valence-corrected chi connectivity index (χ0v) is 11.6. The number of rotatable bonds is 4. The Kier molecular flexibility index (Phi) is 4.56. The lowest BCUT2D eigenvalue weighted by Crippen LogP contribution is -2.47. The maximum atomic E-state index is 5.97. The number of nitrogens with zero attached hydrogens (tertiary/aromatic N) is 2. The summed E-state index contributed by atoms with van der Waals surface area (Å²) in [7, 11) is 4.35. The average Bonchev–Trinajstić information content (AvgIpc) is 2.84. The van der Waals surface area contributed by atoms with Gasteiger partial charge in [0.15, 0.2) is 0 Å². The van der Waals surface area contributed by atoms with Crippen LogP contribution in [-0.4, -0.2) is 49.6 Å². The molecule has 0 spiro atoms. The first-order chi connectivity index (χ1) is 8.22. The lowest BCUT2D eigenvalue weighted by Gasteiger charge is -2.40. The van der Waals surface area contributed by atoms with Crippen molar-refractivity contribution in [3.05, 3.63) is 22.4 Å². The summed E-state index contributed by atoms with van der Waals surface area (Å²) in [5.74, 6) is 0. The lowest BCUT2D eigenvalue weighted by molar-refractivity contribution is 0.0986. The summed E-state index contributed by atoms with van der Waals surface area (Å²) in [6.07, 6.45) is 2.59. The Hall–Kier alpha value is -0.420. The fourth-order valence-electron chi connectivity index (χ4n) is 2.65. The number of hydrogen-bond donors (Lipinski definition) is 1. The van der Waals surface area contributed by atoms with Crippen molar-refractivity contribution in [1.29, 1.82) is 0 Å². The fourth-order valence-corrected chi connectivity index (χ4v) is 3.36. The normalized spacial score (nSPS) is 24.1. The number of likely N-dealkylation sites (N-methyl/N-ethyl adjacent to an activating group) is 1. The highest BCUT2D eigenvalue weighted by atomic mass is 32.1. The van der Waals surface area contributed by atoms with Crippen LogP contribution < -0.4 is 5.73 Å². The molecule has 1 fully saturated rings. The number of likely N-dealkylation sites (tertiary alicyclic amines) is 1. The zero-order chi connectivity index (χ0) is 12.3. The van der Waals surface area contributed by atoms with Gasteiger partial charge < -0.3 is 10.6 Å². The predicted octanol–water partition coefficient (Wildman–Crippen LogP) is 1.77. The third-order valence-electron chi connectivity index (χ3n) is 3.75. The Morgan fingerprint density at radius 3 is 3.00 bits per heavy atom. The topological polar surface area (TPSA) is 32.5 Å².